The molecule has 3 heterocycles. The average Bonchev–Trinajstić information content (AvgIpc) is 2.98. The van der Waals surface area contributed by atoms with Crippen LogP contribution in [0, 0.1) is 0 Å². The number of benzene rings is 6. The molecule has 7 aromatic rings. The Bertz CT molecular complexity index is 2040. The Hall–Kier alpha value is -3.28. The fourth-order valence-corrected chi connectivity index (χ4v) is 16.0. The van der Waals surface area contributed by atoms with Gasteiger partial charge < -0.3 is 0 Å². The summed E-state index contributed by atoms with van der Waals surface area (Å²) >= 11 is 0.527. The van der Waals surface area contributed by atoms with Gasteiger partial charge in [-0.05, 0) is 0 Å². The van der Waals surface area contributed by atoms with Gasteiger partial charge in [-0.15, -0.1) is 0 Å². The second kappa shape index (κ2) is 8.61. The van der Waals surface area contributed by atoms with E-state index >= 15 is 0 Å². The van der Waals surface area contributed by atoms with Crippen LogP contribution in [0.4, 0.5) is 0 Å². The van der Waals surface area contributed by atoms with Crippen molar-refractivity contribution in [2.24, 2.45) is 0 Å². The van der Waals surface area contributed by atoms with Gasteiger partial charge in [-0.2, -0.15) is 0 Å². The van der Waals surface area contributed by atoms with Crippen LogP contribution in [0.2, 0.25) is 0 Å². The van der Waals surface area contributed by atoms with Gasteiger partial charge in [0, 0.05) is 0 Å². The molecule has 2 aliphatic heterocycles. The molecule has 0 aliphatic carbocycles. The van der Waals surface area contributed by atoms with Crippen LogP contribution in [-0.4, -0.2) is 34.9 Å². The fourth-order valence-electron chi connectivity index (χ4n) is 5.87. The number of para-hydroxylation sites is 1. The van der Waals surface area contributed by atoms with Gasteiger partial charge in [-0.3, -0.25) is 0 Å². The molecular weight excluding hydrogens is 623 g/mol. The third kappa shape index (κ3) is 3.52. The number of fused-ring (bicyclic) bond motifs is 7. The molecule has 2 aliphatic rings. The van der Waals surface area contributed by atoms with Crippen LogP contribution in [-0.2, 0) is 0 Å². The first-order valence-corrected chi connectivity index (χ1v) is 17.8. The Labute approximate surface area is 240 Å². The van der Waals surface area contributed by atoms with Gasteiger partial charge in [-0.1, -0.05) is 0 Å². The van der Waals surface area contributed by atoms with Crippen LogP contribution < -0.4 is 33.8 Å². The van der Waals surface area contributed by atoms with E-state index in [0.29, 0.717) is 0 Å². The molecule has 0 amide bonds. The van der Waals surface area contributed by atoms with E-state index in [-0.39, 0.29) is 29.9 Å². The summed E-state index contributed by atoms with van der Waals surface area (Å²) in [6.07, 6.45) is 0. The molecular formula is C35H20NPSe2. The monoisotopic (exact) mass is 645 g/mol. The summed E-state index contributed by atoms with van der Waals surface area (Å²) in [6.45, 7) is 0. The van der Waals surface area contributed by atoms with Crippen LogP contribution >= 0.6 is 7.92 Å². The molecule has 9 rings (SSSR count). The van der Waals surface area contributed by atoms with Gasteiger partial charge in [-0.25, -0.2) is 0 Å². The molecule has 39 heavy (non-hydrogen) atoms. The van der Waals surface area contributed by atoms with E-state index in [9.17, 15) is 0 Å². The van der Waals surface area contributed by atoms with Gasteiger partial charge in [0.05, 0.1) is 0 Å². The van der Waals surface area contributed by atoms with Crippen molar-refractivity contribution in [2.45, 2.75) is 0 Å². The zero-order chi connectivity index (χ0) is 25.5. The number of hydrogen-bond donors (Lipinski definition) is 0. The van der Waals surface area contributed by atoms with Crippen molar-refractivity contribution in [1.82, 2.24) is 4.98 Å². The standard InChI is InChI=1S/C35H20NPSe2/c1-3-10-24-17-31-29(15-22(24)8-1)37-30-16-23-9-2-4-11-25(23)18-32(30)39-34-20-26(19-33(38-31)35(34)37)28-14-13-21-7-5-6-12-27(21)36-28/h1-20H. The van der Waals surface area contributed by atoms with Crippen molar-refractivity contribution in [3.05, 3.63) is 121 Å². The molecule has 1 nitrogen and oxygen atoms in total. The van der Waals surface area contributed by atoms with Gasteiger partial charge in [0.15, 0.2) is 0 Å². The number of hydrogen-bond acceptors (Lipinski definition) is 1. The summed E-state index contributed by atoms with van der Waals surface area (Å²) in [5.74, 6) is 0. The van der Waals surface area contributed by atoms with Crippen LogP contribution in [0.3, 0.4) is 0 Å². The molecule has 0 atom stereocenters. The normalized spacial score (nSPS) is 13.8. The molecule has 0 saturated carbocycles. The summed E-state index contributed by atoms with van der Waals surface area (Å²) in [6, 6.07) is 45.6. The van der Waals surface area contributed by atoms with Crippen molar-refractivity contribution in [3.8, 4) is 11.3 Å². The summed E-state index contributed by atoms with van der Waals surface area (Å²) < 4.78 is 6.20. The van der Waals surface area contributed by atoms with E-state index in [1.165, 1.54) is 32.5 Å². The van der Waals surface area contributed by atoms with Crippen LogP contribution in [0.15, 0.2) is 121 Å². The van der Waals surface area contributed by atoms with E-state index in [0.717, 1.165) is 11.2 Å². The molecule has 0 spiro atoms. The van der Waals surface area contributed by atoms with Gasteiger partial charge in [0.2, 0.25) is 0 Å². The number of nitrogens with zero attached hydrogens (tertiary/aromatic N) is 1. The summed E-state index contributed by atoms with van der Waals surface area (Å²) in [5, 5.41) is 11.4. The third-order valence-corrected chi connectivity index (χ3v) is 16.3. The van der Waals surface area contributed by atoms with Crippen LogP contribution in [0.5, 0.6) is 0 Å². The van der Waals surface area contributed by atoms with E-state index < -0.39 is 7.92 Å². The number of aromatic nitrogens is 1. The average molecular weight is 643 g/mol. The SMILES string of the molecule is c1ccc2cc3c(cc2c1)[Se]c1cc(-c2ccc4ccccc4n2)cc2c1P3c1cc3ccccc3cc1[Se]2. The molecule has 0 saturated heterocycles. The Balaban J connectivity index is 1.32. The summed E-state index contributed by atoms with van der Waals surface area (Å²) in [5.41, 5.74) is 3.41. The second-order valence-electron chi connectivity index (χ2n) is 10.1. The Kier molecular flexibility index (Phi) is 4.97. The zero-order valence-corrected chi connectivity index (χ0v) is 25.1. The molecule has 1 aromatic heterocycles. The van der Waals surface area contributed by atoms with Crippen molar-refractivity contribution < 1.29 is 0 Å². The predicted molar refractivity (Wildman–Crippen MR) is 171 cm³/mol. The molecule has 0 bridgehead atoms. The molecule has 4 heteroatoms. The quantitative estimate of drug-likeness (QED) is 0.196. The van der Waals surface area contributed by atoms with E-state index in [4.69, 9.17) is 4.98 Å². The van der Waals surface area contributed by atoms with Crippen molar-refractivity contribution in [1.29, 1.82) is 0 Å². The minimum absolute atomic E-state index is 0.263. The second-order valence-corrected chi connectivity index (χ2v) is 16.7. The maximum absolute atomic E-state index is 5.10. The summed E-state index contributed by atoms with van der Waals surface area (Å²) in [4.78, 5) is 5.10. The molecule has 182 valence electrons. The number of rotatable bonds is 1. The Morgan fingerprint density at radius 2 is 0.974 bits per heavy atom. The summed E-state index contributed by atoms with van der Waals surface area (Å²) in [7, 11) is -0.596. The minimum atomic E-state index is -0.596. The topological polar surface area (TPSA) is 12.9 Å². The fraction of sp³-hybridized carbons (Fsp3) is 0. The molecule has 0 unspecified atom stereocenters. The van der Waals surface area contributed by atoms with Gasteiger partial charge >= 0.3 is 242 Å². The first-order valence-electron chi connectivity index (χ1n) is 13.0. The molecule has 0 N–H and O–H groups in total. The predicted octanol–water partition coefficient (Wildman–Crippen LogP) is 3.90. The zero-order valence-electron chi connectivity index (χ0n) is 20.8. The Morgan fingerprint density at radius 3 is 1.56 bits per heavy atom. The molecule has 0 fully saturated rings. The molecule has 0 radical (unpaired) electrons. The first kappa shape index (κ1) is 22.5. The van der Waals surface area contributed by atoms with Crippen molar-refractivity contribution >= 4 is 104 Å². The number of pyridine rings is 1. The van der Waals surface area contributed by atoms with Crippen molar-refractivity contribution in [3.63, 3.8) is 0 Å². The van der Waals surface area contributed by atoms with Gasteiger partial charge in [0.1, 0.15) is 0 Å². The van der Waals surface area contributed by atoms with E-state index in [1.54, 1.807) is 33.8 Å². The molecule has 6 aromatic carbocycles. The van der Waals surface area contributed by atoms with E-state index in [1.807, 2.05) is 0 Å². The third-order valence-electron chi connectivity index (χ3n) is 7.73. The van der Waals surface area contributed by atoms with Crippen LogP contribution in [0.25, 0.3) is 43.7 Å². The van der Waals surface area contributed by atoms with Crippen molar-refractivity contribution in [2.75, 3.05) is 0 Å². The maximum atomic E-state index is 5.10. The first-order chi connectivity index (χ1) is 19.3. The van der Waals surface area contributed by atoms with E-state index in [2.05, 4.69) is 121 Å². The Morgan fingerprint density at radius 1 is 0.462 bits per heavy atom. The van der Waals surface area contributed by atoms with Gasteiger partial charge in [0.25, 0.3) is 0 Å². The van der Waals surface area contributed by atoms with Crippen LogP contribution in [0.1, 0.15) is 0 Å².